The summed E-state index contributed by atoms with van der Waals surface area (Å²) in [6.07, 6.45) is 2.19. The third-order valence-corrected chi connectivity index (χ3v) is 1.48. The second-order valence-electron chi connectivity index (χ2n) is 2.31. The van der Waals surface area contributed by atoms with Crippen molar-refractivity contribution >= 4 is 13.5 Å². The third-order valence-electron chi connectivity index (χ3n) is 1.48. The Balaban J connectivity index is 2.50. The van der Waals surface area contributed by atoms with E-state index >= 15 is 0 Å². The maximum atomic E-state index is 3.68. The molecule has 0 saturated carbocycles. The van der Waals surface area contributed by atoms with Gasteiger partial charge in [-0.15, -0.1) is 0 Å². The van der Waals surface area contributed by atoms with Gasteiger partial charge in [0.1, 0.15) is 0 Å². The van der Waals surface area contributed by atoms with Crippen molar-refractivity contribution in [1.82, 2.24) is 0 Å². The van der Waals surface area contributed by atoms with E-state index in [1.165, 1.54) is 5.56 Å². The quantitative estimate of drug-likeness (QED) is 0.541. The minimum absolute atomic E-state index is 1.07. The van der Waals surface area contributed by atoms with Crippen LogP contribution in [-0.4, -0.2) is 13.5 Å². The van der Waals surface area contributed by atoms with Gasteiger partial charge in [0.25, 0.3) is 0 Å². The van der Waals surface area contributed by atoms with E-state index in [1.54, 1.807) is 0 Å². The predicted molar refractivity (Wildman–Crippen MR) is 48.0 cm³/mol. The molecule has 10 heavy (non-hydrogen) atoms. The fraction of sp³-hybridized carbons (Fsp3) is 0.222. The van der Waals surface area contributed by atoms with Gasteiger partial charge in [-0.3, -0.25) is 0 Å². The molecule has 0 atom stereocenters. The van der Waals surface area contributed by atoms with Gasteiger partial charge in [-0.1, -0.05) is 0 Å². The summed E-state index contributed by atoms with van der Waals surface area (Å²) >= 11 is 0. The average Bonchev–Trinajstić information content (AvgIpc) is 2.03. The number of aryl methyl sites for hydroxylation is 1. The van der Waals surface area contributed by atoms with E-state index < -0.39 is 0 Å². The van der Waals surface area contributed by atoms with E-state index in [4.69, 9.17) is 0 Å². The van der Waals surface area contributed by atoms with Gasteiger partial charge in [-0.05, 0) is 0 Å². The Morgan fingerprint density at radius 3 is 2.50 bits per heavy atom. The van der Waals surface area contributed by atoms with E-state index in [0.29, 0.717) is 0 Å². The van der Waals surface area contributed by atoms with Crippen molar-refractivity contribution in [2.24, 2.45) is 0 Å². The van der Waals surface area contributed by atoms with E-state index in [9.17, 15) is 0 Å². The second-order valence-corrected chi connectivity index (χ2v) is 2.31. The van der Waals surface area contributed by atoms with Crippen LogP contribution in [0.3, 0.4) is 0 Å². The van der Waals surface area contributed by atoms with Gasteiger partial charge in [-0.25, -0.2) is 0 Å². The first kappa shape index (κ1) is 7.26. The van der Waals surface area contributed by atoms with Gasteiger partial charge in [-0.2, -0.15) is 0 Å². The Bertz CT molecular complexity index is 191. The van der Waals surface area contributed by atoms with Gasteiger partial charge < -0.3 is 0 Å². The summed E-state index contributed by atoms with van der Waals surface area (Å²) in [5.74, 6) is 1.95. The molecule has 0 unspecified atom stereocenters. The Morgan fingerprint density at radius 1 is 1.20 bits per heavy atom. The number of rotatable bonds is 3. The normalized spacial score (nSPS) is 9.10. The zero-order valence-corrected chi connectivity index (χ0v) is 6.09. The van der Waals surface area contributed by atoms with Crippen molar-refractivity contribution in [3.05, 3.63) is 35.9 Å². The summed E-state index contributed by atoms with van der Waals surface area (Å²) in [4.78, 5) is 0. The molecule has 1 aromatic carbocycles. The Labute approximate surface area is 63.0 Å². The van der Waals surface area contributed by atoms with E-state index in [1.807, 2.05) is 12.0 Å². The molecule has 1 heteroatoms. The minimum atomic E-state index is 1.07. The van der Waals surface area contributed by atoms with Crippen molar-refractivity contribution in [2.75, 3.05) is 0 Å². The second kappa shape index (κ2) is 4.05. The molecule has 0 heterocycles. The predicted octanol–water partition coefficient (Wildman–Crippen LogP) is 1.32. The SMILES string of the molecule is B=CCCc1ccccc1. The number of benzene rings is 1. The third kappa shape index (κ3) is 2.18. The van der Waals surface area contributed by atoms with Crippen LogP contribution in [0.4, 0.5) is 0 Å². The summed E-state index contributed by atoms with van der Waals surface area (Å²) in [6.45, 7) is 0. The molecular formula is C9H11B. The Hall–Kier alpha value is -0.845. The molecule has 0 nitrogen and oxygen atoms in total. The van der Waals surface area contributed by atoms with Crippen molar-refractivity contribution < 1.29 is 0 Å². The molecule has 0 fully saturated rings. The van der Waals surface area contributed by atoms with Crippen molar-refractivity contribution in [3.63, 3.8) is 0 Å². The molecule has 0 aliphatic rings. The number of hydrogen-bond acceptors (Lipinski definition) is 0. The first-order valence-corrected chi connectivity index (χ1v) is 3.58. The van der Waals surface area contributed by atoms with Crippen LogP contribution in [0.5, 0.6) is 0 Å². The van der Waals surface area contributed by atoms with Crippen LogP contribution >= 0.6 is 0 Å². The molecular weight excluding hydrogens is 119 g/mol. The molecule has 0 bridgehead atoms. The summed E-state index contributed by atoms with van der Waals surface area (Å²) in [5.41, 5.74) is 1.39. The topological polar surface area (TPSA) is 0 Å². The molecule has 50 valence electrons. The van der Waals surface area contributed by atoms with E-state index in [2.05, 4.69) is 31.8 Å². The molecule has 0 aliphatic carbocycles. The van der Waals surface area contributed by atoms with E-state index in [0.717, 1.165) is 12.8 Å². The van der Waals surface area contributed by atoms with Crippen LogP contribution in [0.1, 0.15) is 12.0 Å². The first-order valence-electron chi connectivity index (χ1n) is 3.58. The van der Waals surface area contributed by atoms with Gasteiger partial charge >= 0.3 is 62.2 Å². The van der Waals surface area contributed by atoms with Crippen LogP contribution in [0.25, 0.3) is 0 Å². The maximum absolute atomic E-state index is 3.68. The zero-order chi connectivity index (χ0) is 7.23. The van der Waals surface area contributed by atoms with Gasteiger partial charge in [0.15, 0.2) is 0 Å². The average molecular weight is 130 g/mol. The summed E-state index contributed by atoms with van der Waals surface area (Å²) in [5, 5.41) is 0. The van der Waals surface area contributed by atoms with Gasteiger partial charge in [0.2, 0.25) is 0 Å². The Morgan fingerprint density at radius 2 is 1.90 bits per heavy atom. The molecule has 0 N–H and O–H groups in total. The molecule has 0 radical (unpaired) electrons. The van der Waals surface area contributed by atoms with Crippen LogP contribution < -0.4 is 0 Å². The van der Waals surface area contributed by atoms with Crippen LogP contribution in [0.2, 0.25) is 0 Å². The molecule has 1 rings (SSSR count). The van der Waals surface area contributed by atoms with Crippen LogP contribution in [0.15, 0.2) is 30.3 Å². The van der Waals surface area contributed by atoms with Crippen LogP contribution in [-0.2, 0) is 6.42 Å². The standard InChI is InChI=1S/C9H11B/c10-8-4-7-9-5-2-1-3-6-9/h1-3,5-6,8,10H,4,7H2. The molecule has 0 spiro atoms. The molecule has 0 aromatic heterocycles. The summed E-state index contributed by atoms with van der Waals surface area (Å²) in [7, 11) is 3.68. The van der Waals surface area contributed by atoms with Gasteiger partial charge in [0.05, 0.1) is 0 Å². The summed E-state index contributed by atoms with van der Waals surface area (Å²) < 4.78 is 0. The molecule has 0 aliphatic heterocycles. The van der Waals surface area contributed by atoms with Gasteiger partial charge in [0, 0.05) is 0 Å². The molecule has 1 aromatic rings. The first-order chi connectivity index (χ1) is 4.93. The van der Waals surface area contributed by atoms with Crippen molar-refractivity contribution in [1.29, 1.82) is 0 Å². The number of hydrogen-bond donors (Lipinski definition) is 0. The summed E-state index contributed by atoms with van der Waals surface area (Å²) in [6, 6.07) is 10.5. The molecule has 0 amide bonds. The Kier molecular flexibility index (Phi) is 2.94. The zero-order valence-electron chi connectivity index (χ0n) is 6.09. The fourth-order valence-electron chi connectivity index (χ4n) is 0.913. The van der Waals surface area contributed by atoms with Crippen molar-refractivity contribution in [3.8, 4) is 0 Å². The van der Waals surface area contributed by atoms with E-state index in [-0.39, 0.29) is 0 Å². The monoisotopic (exact) mass is 130 g/mol. The van der Waals surface area contributed by atoms with Crippen molar-refractivity contribution in [2.45, 2.75) is 12.8 Å². The molecule has 0 saturated heterocycles. The van der Waals surface area contributed by atoms with Crippen LogP contribution in [0, 0.1) is 0 Å². The fourth-order valence-corrected chi connectivity index (χ4v) is 0.913.